The monoisotopic (exact) mass is 279 g/mol. The number of benzene rings is 1. The molecule has 1 aromatic rings. The second-order valence-electron chi connectivity index (χ2n) is 6.58. The molecule has 0 nitrogen and oxygen atoms in total. The molecule has 0 aliphatic carbocycles. The van der Waals surface area contributed by atoms with Crippen molar-refractivity contribution in [3.63, 3.8) is 0 Å². The highest BCUT2D eigenvalue weighted by Crippen LogP contribution is 2.32. The van der Waals surface area contributed by atoms with E-state index >= 15 is 0 Å². The van der Waals surface area contributed by atoms with Crippen LogP contribution in [0.15, 0.2) is 30.3 Å². The first-order chi connectivity index (χ1) is 7.74. The average molecular weight is 280 g/mol. The van der Waals surface area contributed by atoms with Gasteiger partial charge in [-0.25, -0.2) is 0 Å². The van der Waals surface area contributed by atoms with Crippen molar-refractivity contribution >= 4 is 28.2 Å². The summed E-state index contributed by atoms with van der Waals surface area (Å²) in [5, 5.41) is 1.73. The standard InChI is InChI=1S/C14H27Si3/c1-13(2)17(15(3)4,16(5,6)7)14-11-9-8-10-12-14/h8-13H,1-7H3. The highest BCUT2D eigenvalue weighted by molar-refractivity contribution is 7.69. The molecular formula is C14H27Si3. The molecule has 0 amide bonds. The van der Waals surface area contributed by atoms with Crippen LogP contribution in [0.5, 0.6) is 0 Å². The van der Waals surface area contributed by atoms with Gasteiger partial charge in [-0.3, -0.25) is 0 Å². The maximum absolute atomic E-state index is 2.60. The molecule has 0 saturated carbocycles. The van der Waals surface area contributed by atoms with E-state index in [4.69, 9.17) is 0 Å². The van der Waals surface area contributed by atoms with Crippen LogP contribution in [0, 0.1) is 0 Å². The summed E-state index contributed by atoms with van der Waals surface area (Å²) in [6, 6.07) is 11.5. The maximum atomic E-state index is 2.60. The Morgan fingerprint density at radius 1 is 0.941 bits per heavy atom. The van der Waals surface area contributed by atoms with Gasteiger partial charge in [0.25, 0.3) is 0 Å². The van der Waals surface area contributed by atoms with Crippen LogP contribution in [0.1, 0.15) is 13.8 Å². The van der Waals surface area contributed by atoms with Crippen molar-refractivity contribution in [2.45, 2.75) is 52.1 Å². The molecule has 0 N–H and O–H groups in total. The lowest BCUT2D eigenvalue weighted by Crippen LogP contribution is -2.74. The van der Waals surface area contributed by atoms with E-state index in [9.17, 15) is 0 Å². The fourth-order valence-electron chi connectivity index (χ4n) is 3.95. The second-order valence-corrected chi connectivity index (χ2v) is 30.2. The molecule has 1 rings (SSSR count). The molecule has 1 aromatic carbocycles. The van der Waals surface area contributed by atoms with E-state index in [-0.39, 0.29) is 8.31 Å². The summed E-state index contributed by atoms with van der Waals surface area (Å²) in [5.41, 5.74) is 0.875. The number of rotatable bonds is 4. The van der Waals surface area contributed by atoms with Crippen LogP contribution >= 0.6 is 0 Å². The Balaban J connectivity index is 3.48. The molecule has 0 spiro atoms. The summed E-state index contributed by atoms with van der Waals surface area (Å²) in [4.78, 5) is 0. The summed E-state index contributed by atoms with van der Waals surface area (Å²) >= 11 is 0. The summed E-state index contributed by atoms with van der Waals surface area (Å²) in [6.45, 7) is 17.9. The van der Waals surface area contributed by atoms with Crippen LogP contribution in [-0.2, 0) is 0 Å². The van der Waals surface area contributed by atoms with E-state index in [0.717, 1.165) is 5.54 Å². The van der Waals surface area contributed by atoms with E-state index < -0.39 is 14.7 Å². The number of hydrogen-bond acceptors (Lipinski definition) is 0. The van der Waals surface area contributed by atoms with E-state index in [0.29, 0.717) is 0 Å². The molecular weight excluding hydrogens is 252 g/mol. The third-order valence-corrected chi connectivity index (χ3v) is 39.3. The molecule has 0 bridgehead atoms. The SMILES string of the molecule is CC(C)[Si](c1ccccc1)([Si](C)C)[Si](C)(C)C. The summed E-state index contributed by atoms with van der Waals surface area (Å²) in [5.74, 6) is 0. The Morgan fingerprint density at radius 2 is 1.41 bits per heavy atom. The molecule has 1 radical (unpaired) electrons. The first-order valence-electron chi connectivity index (χ1n) is 6.60. The van der Waals surface area contributed by atoms with Crippen molar-refractivity contribution in [3.05, 3.63) is 30.3 Å². The third kappa shape index (κ3) is 2.51. The molecule has 3 heteroatoms. The van der Waals surface area contributed by atoms with Crippen molar-refractivity contribution in [1.82, 2.24) is 0 Å². The highest BCUT2D eigenvalue weighted by atomic mass is 29.6. The number of hydrogen-bond donors (Lipinski definition) is 0. The third-order valence-electron chi connectivity index (χ3n) is 4.07. The van der Waals surface area contributed by atoms with Gasteiger partial charge in [0.15, 0.2) is 0 Å². The first kappa shape index (κ1) is 14.9. The van der Waals surface area contributed by atoms with Gasteiger partial charge < -0.3 is 0 Å². The Bertz CT molecular complexity index is 341. The van der Waals surface area contributed by atoms with E-state index in [1.807, 2.05) is 0 Å². The van der Waals surface area contributed by atoms with Gasteiger partial charge in [0.2, 0.25) is 0 Å². The molecule has 0 heterocycles. The van der Waals surface area contributed by atoms with Gasteiger partial charge >= 0.3 is 0 Å². The van der Waals surface area contributed by atoms with Crippen molar-refractivity contribution in [1.29, 1.82) is 0 Å². The van der Waals surface area contributed by atoms with Crippen molar-refractivity contribution in [2.75, 3.05) is 0 Å². The summed E-state index contributed by atoms with van der Waals surface area (Å²) in [6.07, 6.45) is 0. The van der Waals surface area contributed by atoms with Crippen LogP contribution in [0.3, 0.4) is 0 Å². The second kappa shape index (κ2) is 5.24. The van der Waals surface area contributed by atoms with Crippen LogP contribution in [0.2, 0.25) is 38.3 Å². The van der Waals surface area contributed by atoms with Crippen LogP contribution in [-0.4, -0.2) is 23.0 Å². The summed E-state index contributed by atoms with van der Waals surface area (Å²) < 4.78 is 0. The van der Waals surface area contributed by atoms with E-state index in [2.05, 4.69) is 76.9 Å². The van der Waals surface area contributed by atoms with Crippen molar-refractivity contribution in [3.8, 4) is 0 Å². The molecule has 1 unspecified atom stereocenters. The van der Waals surface area contributed by atoms with Gasteiger partial charge in [0.05, 0.1) is 7.11 Å². The Kier molecular flexibility index (Phi) is 4.61. The van der Waals surface area contributed by atoms with E-state index in [1.54, 1.807) is 5.19 Å². The molecule has 0 saturated heterocycles. The summed E-state index contributed by atoms with van der Waals surface area (Å²) in [7, 11) is -2.65. The molecule has 0 aliphatic rings. The minimum Gasteiger partial charge on any atom is -0.0732 e. The Labute approximate surface area is 111 Å². The molecule has 1 atom stereocenters. The van der Waals surface area contributed by atoms with Crippen LogP contribution < -0.4 is 5.19 Å². The van der Waals surface area contributed by atoms with Gasteiger partial charge in [-0.15, -0.1) is 0 Å². The minimum absolute atomic E-state index is 0.241. The predicted molar refractivity (Wildman–Crippen MR) is 87.8 cm³/mol. The zero-order valence-corrected chi connectivity index (χ0v) is 15.5. The van der Waals surface area contributed by atoms with Crippen LogP contribution in [0.25, 0.3) is 0 Å². The van der Waals surface area contributed by atoms with Crippen molar-refractivity contribution in [2.24, 2.45) is 0 Å². The van der Waals surface area contributed by atoms with Gasteiger partial charge in [0, 0.05) is 15.9 Å². The van der Waals surface area contributed by atoms with Crippen molar-refractivity contribution < 1.29 is 0 Å². The first-order valence-corrected chi connectivity index (χ1v) is 16.7. The Morgan fingerprint density at radius 3 is 1.71 bits per heavy atom. The van der Waals surface area contributed by atoms with Gasteiger partial charge in [-0.1, -0.05) is 87.6 Å². The molecule has 17 heavy (non-hydrogen) atoms. The van der Waals surface area contributed by atoms with Gasteiger partial charge in [-0.05, 0) is 0 Å². The minimum atomic E-state index is -1.29. The van der Waals surface area contributed by atoms with Gasteiger partial charge in [-0.2, -0.15) is 0 Å². The lowest BCUT2D eigenvalue weighted by molar-refractivity contribution is 1.05. The van der Waals surface area contributed by atoms with Gasteiger partial charge in [0.1, 0.15) is 0 Å². The largest absolute Gasteiger partial charge is 0.0735 e. The lowest BCUT2D eigenvalue weighted by Gasteiger charge is -2.48. The molecule has 0 aliphatic heterocycles. The Hall–Kier alpha value is -0.129. The molecule has 0 fully saturated rings. The smallest absolute Gasteiger partial charge is 0.0732 e. The maximum Gasteiger partial charge on any atom is 0.0735 e. The van der Waals surface area contributed by atoms with E-state index in [1.165, 1.54) is 0 Å². The average Bonchev–Trinajstić information content (AvgIpc) is 2.16. The highest BCUT2D eigenvalue weighted by Gasteiger charge is 2.51. The predicted octanol–water partition coefficient (Wildman–Crippen LogP) is 4.00. The molecule has 0 aromatic heterocycles. The fraction of sp³-hybridized carbons (Fsp3) is 0.571. The quantitative estimate of drug-likeness (QED) is 0.731. The lowest BCUT2D eigenvalue weighted by atomic mass is 10.4. The zero-order chi connectivity index (χ0) is 13.3. The zero-order valence-electron chi connectivity index (χ0n) is 12.5. The van der Waals surface area contributed by atoms with Crippen LogP contribution in [0.4, 0.5) is 0 Å². The fourth-order valence-corrected chi connectivity index (χ4v) is 43.2. The molecule has 95 valence electrons. The normalized spacial score (nSPS) is 16.3. The topological polar surface area (TPSA) is 0 Å².